The molecule has 0 aliphatic heterocycles. The summed E-state index contributed by atoms with van der Waals surface area (Å²) in [6.07, 6.45) is 5.39. The normalized spacial score (nSPS) is 27.4. The van der Waals surface area contributed by atoms with E-state index in [9.17, 15) is 17.6 Å². The topological polar surface area (TPSA) is 0 Å². The Bertz CT molecular complexity index is 292. The molecule has 1 saturated carbocycles. The summed E-state index contributed by atoms with van der Waals surface area (Å²) in [5.74, 6) is -2.35. The SMILES string of the molecule is CC1CCC(CCC(CCC(F)CF)C(C)C(C)(F)F)CC1. The van der Waals surface area contributed by atoms with E-state index in [4.69, 9.17) is 0 Å². The van der Waals surface area contributed by atoms with Gasteiger partial charge in [-0.2, -0.15) is 0 Å². The van der Waals surface area contributed by atoms with Crippen LogP contribution in [0.25, 0.3) is 0 Å². The smallest absolute Gasteiger partial charge is 0.248 e. The summed E-state index contributed by atoms with van der Waals surface area (Å²) in [5, 5.41) is 0. The molecule has 0 amide bonds. The van der Waals surface area contributed by atoms with Crippen molar-refractivity contribution in [1.82, 2.24) is 0 Å². The summed E-state index contributed by atoms with van der Waals surface area (Å²) in [7, 11) is 0. The van der Waals surface area contributed by atoms with Crippen LogP contribution in [0.5, 0.6) is 0 Å². The zero-order valence-electron chi connectivity index (χ0n) is 14.3. The van der Waals surface area contributed by atoms with Crippen molar-refractivity contribution in [2.45, 2.75) is 84.2 Å². The van der Waals surface area contributed by atoms with Crippen molar-refractivity contribution in [1.29, 1.82) is 0 Å². The van der Waals surface area contributed by atoms with E-state index in [2.05, 4.69) is 6.92 Å². The Hall–Kier alpha value is -0.280. The first-order valence-corrected chi connectivity index (χ1v) is 8.81. The first kappa shape index (κ1) is 19.8. The van der Waals surface area contributed by atoms with Crippen LogP contribution in [0, 0.1) is 23.7 Å². The first-order chi connectivity index (χ1) is 10.2. The van der Waals surface area contributed by atoms with E-state index < -0.39 is 24.7 Å². The third kappa shape index (κ3) is 6.87. The average molecular weight is 324 g/mol. The second-order valence-corrected chi connectivity index (χ2v) is 7.54. The Labute approximate surface area is 133 Å². The van der Waals surface area contributed by atoms with Gasteiger partial charge in [-0.05, 0) is 43.9 Å². The minimum absolute atomic E-state index is 0.0588. The lowest BCUT2D eigenvalue weighted by molar-refractivity contribution is -0.0603. The van der Waals surface area contributed by atoms with Crippen molar-refractivity contribution in [3.63, 3.8) is 0 Å². The molecule has 3 atom stereocenters. The molecule has 22 heavy (non-hydrogen) atoms. The van der Waals surface area contributed by atoms with Gasteiger partial charge in [0.15, 0.2) is 0 Å². The molecule has 0 aromatic carbocycles. The van der Waals surface area contributed by atoms with E-state index in [-0.39, 0.29) is 12.3 Å². The molecule has 4 heteroatoms. The quantitative estimate of drug-likeness (QED) is 0.420. The van der Waals surface area contributed by atoms with Crippen LogP contribution in [-0.2, 0) is 0 Å². The molecule has 0 saturated heterocycles. The number of alkyl halides is 4. The molecule has 1 aliphatic carbocycles. The molecule has 0 aromatic heterocycles. The average Bonchev–Trinajstić information content (AvgIpc) is 2.47. The van der Waals surface area contributed by atoms with Crippen LogP contribution >= 0.6 is 0 Å². The summed E-state index contributed by atoms with van der Waals surface area (Å²) >= 11 is 0. The maximum atomic E-state index is 13.6. The van der Waals surface area contributed by atoms with E-state index >= 15 is 0 Å². The van der Waals surface area contributed by atoms with Crippen molar-refractivity contribution >= 4 is 0 Å². The molecule has 0 bridgehead atoms. The molecule has 0 spiro atoms. The first-order valence-electron chi connectivity index (χ1n) is 8.81. The molecule has 3 unspecified atom stereocenters. The maximum Gasteiger partial charge on any atom is 0.248 e. The Morgan fingerprint density at radius 2 is 1.64 bits per heavy atom. The predicted molar refractivity (Wildman–Crippen MR) is 83.7 cm³/mol. The van der Waals surface area contributed by atoms with E-state index in [1.165, 1.54) is 25.7 Å². The minimum Gasteiger partial charge on any atom is -0.248 e. The van der Waals surface area contributed by atoms with Crippen LogP contribution in [0.4, 0.5) is 17.6 Å². The van der Waals surface area contributed by atoms with Crippen LogP contribution in [0.3, 0.4) is 0 Å². The Balaban J connectivity index is 2.49. The summed E-state index contributed by atoms with van der Waals surface area (Å²) in [4.78, 5) is 0. The third-order valence-corrected chi connectivity index (χ3v) is 5.61. The standard InChI is InChI=1S/C18H32F4/c1-13-4-6-15(7-5-13)8-9-16(10-11-17(20)12-19)14(2)18(3,21)22/h13-17H,4-12H2,1-3H3. The van der Waals surface area contributed by atoms with Crippen LogP contribution in [-0.4, -0.2) is 18.8 Å². The monoisotopic (exact) mass is 324 g/mol. The minimum atomic E-state index is -2.76. The van der Waals surface area contributed by atoms with Crippen LogP contribution in [0.2, 0.25) is 0 Å². The van der Waals surface area contributed by atoms with Crippen LogP contribution in [0.15, 0.2) is 0 Å². The zero-order chi connectivity index (χ0) is 16.8. The predicted octanol–water partition coefficient (Wildman–Crippen LogP) is 6.59. The van der Waals surface area contributed by atoms with E-state index in [0.717, 1.165) is 19.3 Å². The highest BCUT2D eigenvalue weighted by Crippen LogP contribution is 2.38. The van der Waals surface area contributed by atoms with Gasteiger partial charge in [-0.3, -0.25) is 0 Å². The number of hydrogen-bond donors (Lipinski definition) is 0. The third-order valence-electron chi connectivity index (χ3n) is 5.61. The van der Waals surface area contributed by atoms with Crippen molar-refractivity contribution in [2.75, 3.05) is 6.67 Å². The van der Waals surface area contributed by atoms with E-state index in [0.29, 0.717) is 18.8 Å². The second kappa shape index (κ2) is 9.12. The lowest BCUT2D eigenvalue weighted by Gasteiger charge is -2.32. The fourth-order valence-corrected chi connectivity index (χ4v) is 3.60. The molecule has 0 N–H and O–H groups in total. The molecular weight excluding hydrogens is 292 g/mol. The highest BCUT2D eigenvalue weighted by Gasteiger charge is 2.36. The number of halogens is 4. The van der Waals surface area contributed by atoms with Gasteiger partial charge in [0, 0.05) is 5.92 Å². The highest BCUT2D eigenvalue weighted by molar-refractivity contribution is 4.79. The van der Waals surface area contributed by atoms with Crippen molar-refractivity contribution in [3.8, 4) is 0 Å². The van der Waals surface area contributed by atoms with Gasteiger partial charge in [-0.25, -0.2) is 17.6 Å². The Kier molecular flexibility index (Phi) is 8.20. The van der Waals surface area contributed by atoms with Gasteiger partial charge in [0.2, 0.25) is 5.92 Å². The van der Waals surface area contributed by atoms with Gasteiger partial charge in [-0.15, -0.1) is 0 Å². The molecule has 1 aliphatic rings. The van der Waals surface area contributed by atoms with Gasteiger partial charge >= 0.3 is 0 Å². The molecule has 0 nitrogen and oxygen atoms in total. The van der Waals surface area contributed by atoms with Crippen molar-refractivity contribution < 1.29 is 17.6 Å². The molecule has 1 fully saturated rings. The highest BCUT2D eigenvalue weighted by atomic mass is 19.3. The Morgan fingerprint density at radius 1 is 1.05 bits per heavy atom. The molecular formula is C18H32F4. The van der Waals surface area contributed by atoms with Crippen LogP contribution in [0.1, 0.15) is 72.1 Å². The van der Waals surface area contributed by atoms with Crippen LogP contribution < -0.4 is 0 Å². The second-order valence-electron chi connectivity index (χ2n) is 7.54. The van der Waals surface area contributed by atoms with Gasteiger partial charge in [0.05, 0.1) is 0 Å². The molecule has 0 radical (unpaired) electrons. The fourth-order valence-electron chi connectivity index (χ4n) is 3.60. The molecule has 132 valence electrons. The summed E-state index contributed by atoms with van der Waals surface area (Å²) in [6.45, 7) is 3.74. The number of hydrogen-bond acceptors (Lipinski definition) is 0. The summed E-state index contributed by atoms with van der Waals surface area (Å²) in [5.41, 5.74) is 0. The molecule has 0 heterocycles. The van der Waals surface area contributed by atoms with Crippen molar-refractivity contribution in [2.24, 2.45) is 23.7 Å². The molecule has 0 aromatic rings. The van der Waals surface area contributed by atoms with Crippen molar-refractivity contribution in [3.05, 3.63) is 0 Å². The Morgan fingerprint density at radius 3 is 2.14 bits per heavy atom. The van der Waals surface area contributed by atoms with Gasteiger partial charge in [0.1, 0.15) is 12.8 Å². The maximum absolute atomic E-state index is 13.6. The van der Waals surface area contributed by atoms with Gasteiger partial charge < -0.3 is 0 Å². The van der Waals surface area contributed by atoms with Gasteiger partial charge in [0.25, 0.3) is 0 Å². The fraction of sp³-hybridized carbons (Fsp3) is 1.00. The zero-order valence-corrected chi connectivity index (χ0v) is 14.3. The number of rotatable bonds is 9. The summed E-state index contributed by atoms with van der Waals surface area (Å²) in [6, 6.07) is 0. The van der Waals surface area contributed by atoms with E-state index in [1.807, 2.05) is 0 Å². The summed E-state index contributed by atoms with van der Waals surface area (Å²) < 4.78 is 52.6. The van der Waals surface area contributed by atoms with E-state index in [1.54, 1.807) is 6.92 Å². The molecule has 1 rings (SSSR count). The lowest BCUT2D eigenvalue weighted by Crippen LogP contribution is -2.30. The largest absolute Gasteiger partial charge is 0.248 e. The van der Waals surface area contributed by atoms with Gasteiger partial charge in [-0.1, -0.05) is 46.0 Å². The lowest BCUT2D eigenvalue weighted by atomic mass is 9.76.